The molecule has 1 aliphatic heterocycles. The van der Waals surface area contributed by atoms with E-state index in [9.17, 15) is 23.5 Å². The number of aliphatic carboxylic acids is 1. The largest absolute Gasteiger partial charge is 0.480 e. The van der Waals surface area contributed by atoms with Crippen LogP contribution in [0.25, 0.3) is 0 Å². The summed E-state index contributed by atoms with van der Waals surface area (Å²) >= 11 is 0. The molecule has 1 amide bonds. The summed E-state index contributed by atoms with van der Waals surface area (Å²) in [6.07, 6.45) is -0.982. The van der Waals surface area contributed by atoms with E-state index < -0.39 is 30.6 Å². The summed E-state index contributed by atoms with van der Waals surface area (Å²) in [5, 5.41) is 18.5. The first-order valence-electron chi connectivity index (χ1n) is 6.15. The molecule has 1 fully saturated rings. The maximum Gasteiger partial charge on any atom is 0.387 e. The van der Waals surface area contributed by atoms with Crippen LogP contribution in [0.3, 0.4) is 0 Å². The summed E-state index contributed by atoms with van der Waals surface area (Å²) in [6, 6.07) is 3.96. The number of carbonyl (C=O) groups excluding carboxylic acids is 1. The van der Waals surface area contributed by atoms with Crippen molar-refractivity contribution in [3.8, 4) is 5.75 Å². The van der Waals surface area contributed by atoms with Gasteiger partial charge in [0.15, 0.2) is 0 Å². The molecule has 0 bridgehead atoms. The third-order valence-corrected chi connectivity index (χ3v) is 3.13. The smallest absolute Gasteiger partial charge is 0.387 e. The Morgan fingerprint density at radius 1 is 1.38 bits per heavy atom. The maximum absolute atomic E-state index is 12.3. The summed E-state index contributed by atoms with van der Waals surface area (Å²) in [5.41, 5.74) is 0.0218. The zero-order valence-electron chi connectivity index (χ0n) is 10.8. The van der Waals surface area contributed by atoms with Gasteiger partial charge in [0, 0.05) is 18.5 Å². The Bertz CT molecular complexity index is 551. The second-order valence-corrected chi connectivity index (χ2v) is 4.61. The van der Waals surface area contributed by atoms with Crippen LogP contribution in [0.1, 0.15) is 16.8 Å². The topological polar surface area (TPSA) is 87.1 Å². The third-order valence-electron chi connectivity index (χ3n) is 3.13. The lowest BCUT2D eigenvalue weighted by Gasteiger charge is -2.21. The Hall–Kier alpha value is -2.22. The Labute approximate surface area is 118 Å². The number of carboxylic acids is 1. The highest BCUT2D eigenvalue weighted by atomic mass is 19.3. The Kier molecular flexibility index (Phi) is 4.37. The van der Waals surface area contributed by atoms with Crippen molar-refractivity contribution in [2.45, 2.75) is 25.2 Å². The van der Waals surface area contributed by atoms with Crippen molar-refractivity contribution in [2.75, 3.05) is 6.54 Å². The van der Waals surface area contributed by atoms with E-state index in [1.54, 1.807) is 0 Å². The Morgan fingerprint density at radius 3 is 2.71 bits per heavy atom. The Balaban J connectivity index is 2.21. The normalized spacial score (nSPS) is 21.6. The number of halogens is 2. The van der Waals surface area contributed by atoms with E-state index in [2.05, 4.69) is 4.74 Å². The molecule has 1 heterocycles. The van der Waals surface area contributed by atoms with Gasteiger partial charge in [0.05, 0.1) is 6.10 Å². The summed E-state index contributed by atoms with van der Waals surface area (Å²) in [7, 11) is 0. The first-order chi connectivity index (χ1) is 9.88. The molecular formula is C13H13F2NO5. The molecule has 6 nitrogen and oxygen atoms in total. The highest BCUT2D eigenvalue weighted by Gasteiger charge is 2.39. The quantitative estimate of drug-likeness (QED) is 0.864. The maximum atomic E-state index is 12.3. The van der Waals surface area contributed by atoms with Gasteiger partial charge < -0.3 is 19.8 Å². The molecule has 1 saturated heterocycles. The van der Waals surface area contributed by atoms with Gasteiger partial charge in [0.1, 0.15) is 11.8 Å². The highest BCUT2D eigenvalue weighted by molar-refractivity contribution is 5.97. The number of hydrogen-bond donors (Lipinski definition) is 2. The number of aliphatic hydroxyl groups excluding tert-OH is 1. The lowest BCUT2D eigenvalue weighted by molar-refractivity contribution is -0.141. The Morgan fingerprint density at radius 2 is 2.10 bits per heavy atom. The molecule has 1 aromatic rings. The molecular weight excluding hydrogens is 288 g/mol. The lowest BCUT2D eigenvalue weighted by atomic mass is 10.1. The number of likely N-dealkylation sites (tertiary alicyclic amines) is 1. The number of nitrogens with zero attached hydrogens (tertiary/aromatic N) is 1. The van der Waals surface area contributed by atoms with Crippen molar-refractivity contribution in [2.24, 2.45) is 0 Å². The predicted octanol–water partition coefficient (Wildman–Crippen LogP) is 0.948. The van der Waals surface area contributed by atoms with Crippen LogP contribution in [-0.2, 0) is 4.79 Å². The summed E-state index contributed by atoms with van der Waals surface area (Å²) in [5.74, 6) is -2.07. The standard InChI is InChI=1S/C13H13F2NO5/c14-13(15)21-9-3-1-2-7(4-9)11(18)16-6-8(17)5-10(16)12(19)20/h1-4,8,10,13,17H,5-6H2,(H,19,20)/t8?,10-/m0/s1. The van der Waals surface area contributed by atoms with E-state index in [1.807, 2.05) is 0 Å². The minimum atomic E-state index is -3.02. The van der Waals surface area contributed by atoms with Crippen LogP contribution in [0.5, 0.6) is 5.75 Å². The van der Waals surface area contributed by atoms with E-state index >= 15 is 0 Å². The molecule has 2 rings (SSSR count). The van der Waals surface area contributed by atoms with Gasteiger partial charge in [-0.3, -0.25) is 4.79 Å². The zero-order valence-corrected chi connectivity index (χ0v) is 10.8. The van der Waals surface area contributed by atoms with Gasteiger partial charge >= 0.3 is 12.6 Å². The molecule has 0 saturated carbocycles. The monoisotopic (exact) mass is 301 g/mol. The van der Waals surface area contributed by atoms with Gasteiger partial charge in [0.2, 0.25) is 0 Å². The summed E-state index contributed by atoms with van der Waals surface area (Å²) in [6.45, 7) is -3.13. The van der Waals surface area contributed by atoms with Gasteiger partial charge in [-0.2, -0.15) is 8.78 Å². The number of β-amino-alcohol motifs (C(OH)–C–C–N with tert-alkyl or cyclic N) is 1. The van der Waals surface area contributed by atoms with Crippen LogP contribution < -0.4 is 4.74 Å². The van der Waals surface area contributed by atoms with Crippen LogP contribution in [0, 0.1) is 0 Å². The van der Waals surface area contributed by atoms with Gasteiger partial charge in [-0.15, -0.1) is 0 Å². The average Bonchev–Trinajstić information content (AvgIpc) is 2.80. The number of amides is 1. The van der Waals surface area contributed by atoms with Gasteiger partial charge in [-0.1, -0.05) is 6.07 Å². The molecule has 114 valence electrons. The van der Waals surface area contributed by atoms with Crippen molar-refractivity contribution in [3.63, 3.8) is 0 Å². The highest BCUT2D eigenvalue weighted by Crippen LogP contribution is 2.23. The SMILES string of the molecule is O=C(O)[C@@H]1CC(O)CN1C(=O)c1cccc(OC(F)F)c1. The fourth-order valence-corrected chi connectivity index (χ4v) is 2.24. The number of ether oxygens (including phenoxy) is 1. The minimum absolute atomic E-state index is 0.0218. The first kappa shape index (κ1) is 15.2. The van der Waals surface area contributed by atoms with E-state index in [0.717, 1.165) is 11.0 Å². The van der Waals surface area contributed by atoms with Crippen LogP contribution >= 0.6 is 0 Å². The van der Waals surface area contributed by atoms with Crippen molar-refractivity contribution in [3.05, 3.63) is 29.8 Å². The molecule has 0 aromatic heterocycles. The van der Waals surface area contributed by atoms with Gasteiger partial charge in [0.25, 0.3) is 5.91 Å². The van der Waals surface area contributed by atoms with Crippen molar-refractivity contribution in [1.82, 2.24) is 4.90 Å². The summed E-state index contributed by atoms with van der Waals surface area (Å²) < 4.78 is 28.5. The molecule has 21 heavy (non-hydrogen) atoms. The lowest BCUT2D eigenvalue weighted by Crippen LogP contribution is -2.40. The molecule has 2 N–H and O–H groups in total. The fraction of sp³-hybridized carbons (Fsp3) is 0.385. The van der Waals surface area contributed by atoms with Crippen LogP contribution in [0.4, 0.5) is 8.78 Å². The van der Waals surface area contributed by atoms with Crippen molar-refractivity contribution >= 4 is 11.9 Å². The van der Waals surface area contributed by atoms with E-state index in [0.29, 0.717) is 0 Å². The third kappa shape index (κ3) is 3.46. The average molecular weight is 301 g/mol. The van der Waals surface area contributed by atoms with E-state index in [-0.39, 0.29) is 24.3 Å². The number of hydrogen-bond acceptors (Lipinski definition) is 4. The molecule has 2 atom stereocenters. The van der Waals surface area contributed by atoms with Crippen molar-refractivity contribution < 1.29 is 33.3 Å². The molecule has 8 heteroatoms. The summed E-state index contributed by atoms with van der Waals surface area (Å²) in [4.78, 5) is 24.3. The van der Waals surface area contributed by atoms with Gasteiger partial charge in [-0.25, -0.2) is 4.79 Å². The fourth-order valence-electron chi connectivity index (χ4n) is 2.24. The second-order valence-electron chi connectivity index (χ2n) is 4.61. The zero-order chi connectivity index (χ0) is 15.6. The molecule has 1 aromatic carbocycles. The molecule has 1 unspecified atom stereocenters. The number of aliphatic hydroxyl groups is 1. The van der Waals surface area contributed by atoms with Crippen molar-refractivity contribution in [1.29, 1.82) is 0 Å². The number of benzene rings is 1. The number of carbonyl (C=O) groups is 2. The second kappa shape index (κ2) is 6.04. The van der Waals surface area contributed by atoms with Crippen LogP contribution in [0.15, 0.2) is 24.3 Å². The van der Waals surface area contributed by atoms with Crippen LogP contribution in [-0.4, -0.2) is 52.3 Å². The molecule has 0 aliphatic carbocycles. The first-order valence-corrected chi connectivity index (χ1v) is 6.15. The molecule has 1 aliphatic rings. The molecule has 0 radical (unpaired) electrons. The van der Waals surface area contributed by atoms with E-state index in [4.69, 9.17) is 5.11 Å². The number of carboxylic acid groups (broad SMARTS) is 1. The predicted molar refractivity (Wildman–Crippen MR) is 66.2 cm³/mol. The van der Waals surface area contributed by atoms with E-state index in [1.165, 1.54) is 18.2 Å². The number of alkyl halides is 2. The molecule has 0 spiro atoms. The van der Waals surface area contributed by atoms with Gasteiger partial charge in [-0.05, 0) is 18.2 Å². The number of rotatable bonds is 4. The van der Waals surface area contributed by atoms with Crippen LogP contribution in [0.2, 0.25) is 0 Å². The minimum Gasteiger partial charge on any atom is -0.480 e.